The Morgan fingerprint density at radius 3 is 1.56 bits per heavy atom. The average Bonchev–Trinajstić information content (AvgIpc) is 3.19. The number of hydrogen-bond donors (Lipinski definition) is 3. The summed E-state index contributed by atoms with van der Waals surface area (Å²) in [5, 5.41) is 13.8. The molecule has 8 nitrogen and oxygen atoms in total. The molecule has 9 heteroatoms. The SMILES string of the molecule is CC/C=C\C/C=C\C/C=C\C/C=C\CCCCCCCCCCC(=O)NC(COP(=O)(O)OCC[N+](C)(C)C)C(O)/C=C/CC/C=C/CCCCCCCCCCCC. The number of nitrogens with one attached hydrogen (secondary N) is 1. The fourth-order valence-electron chi connectivity index (χ4n) is 6.40. The maximum Gasteiger partial charge on any atom is 0.472 e. The number of unbranched alkanes of at least 4 members (excludes halogenated alkanes) is 19. The van der Waals surface area contributed by atoms with E-state index in [9.17, 15) is 19.4 Å². The summed E-state index contributed by atoms with van der Waals surface area (Å²) in [6.45, 7) is 4.66. The fourth-order valence-corrected chi connectivity index (χ4v) is 7.14. The second kappa shape index (κ2) is 41.3. The van der Waals surface area contributed by atoms with Gasteiger partial charge in [-0.1, -0.05) is 183 Å². The van der Waals surface area contributed by atoms with Gasteiger partial charge in [0.25, 0.3) is 0 Å². The summed E-state index contributed by atoms with van der Waals surface area (Å²) in [5.74, 6) is -0.199. The van der Waals surface area contributed by atoms with Crippen molar-refractivity contribution in [3.8, 4) is 0 Å². The lowest BCUT2D eigenvalue weighted by molar-refractivity contribution is -0.870. The number of rotatable bonds is 42. The molecule has 0 aromatic heterocycles. The summed E-state index contributed by atoms with van der Waals surface area (Å²) in [6.07, 6.45) is 55.4. The van der Waals surface area contributed by atoms with E-state index in [0.717, 1.165) is 70.6 Å². The van der Waals surface area contributed by atoms with Crippen LogP contribution in [0.3, 0.4) is 0 Å². The van der Waals surface area contributed by atoms with Crippen LogP contribution in [0.15, 0.2) is 72.9 Å². The summed E-state index contributed by atoms with van der Waals surface area (Å²) in [7, 11) is 1.54. The molecule has 0 saturated carbocycles. The van der Waals surface area contributed by atoms with E-state index in [0.29, 0.717) is 17.4 Å². The van der Waals surface area contributed by atoms with Crippen LogP contribution >= 0.6 is 7.82 Å². The fraction of sp³-hybridized carbons (Fsp3) is 0.740. The minimum atomic E-state index is -4.35. The Balaban J connectivity index is 4.43. The van der Waals surface area contributed by atoms with Gasteiger partial charge in [0, 0.05) is 6.42 Å². The molecule has 0 aromatic rings. The van der Waals surface area contributed by atoms with E-state index >= 15 is 0 Å². The highest BCUT2D eigenvalue weighted by Gasteiger charge is 2.27. The van der Waals surface area contributed by atoms with Crippen LogP contribution in [0.4, 0.5) is 0 Å². The maximum atomic E-state index is 12.9. The van der Waals surface area contributed by atoms with Crippen LogP contribution in [0.2, 0.25) is 0 Å². The molecule has 3 unspecified atom stereocenters. The number of carbonyl (C=O) groups is 1. The van der Waals surface area contributed by atoms with E-state index in [1.807, 2.05) is 27.2 Å². The van der Waals surface area contributed by atoms with Crippen LogP contribution in [-0.2, 0) is 18.4 Å². The third kappa shape index (κ3) is 43.8. The molecule has 0 radical (unpaired) electrons. The Morgan fingerprint density at radius 2 is 1.03 bits per heavy atom. The third-order valence-corrected chi connectivity index (χ3v) is 11.1. The van der Waals surface area contributed by atoms with Gasteiger partial charge < -0.3 is 19.8 Å². The Hall–Kier alpha value is -2.06. The first-order chi connectivity index (χ1) is 28.5. The van der Waals surface area contributed by atoms with E-state index in [1.165, 1.54) is 96.3 Å². The van der Waals surface area contributed by atoms with Gasteiger partial charge in [-0.05, 0) is 70.6 Å². The van der Waals surface area contributed by atoms with Crippen LogP contribution in [-0.4, -0.2) is 73.4 Å². The lowest BCUT2D eigenvalue weighted by Gasteiger charge is -2.25. The van der Waals surface area contributed by atoms with Gasteiger partial charge in [0.15, 0.2) is 0 Å². The van der Waals surface area contributed by atoms with Gasteiger partial charge in [-0.3, -0.25) is 13.8 Å². The summed E-state index contributed by atoms with van der Waals surface area (Å²) in [6, 6.07) is -0.871. The number of quaternary nitrogens is 1. The van der Waals surface area contributed by atoms with Gasteiger partial charge >= 0.3 is 7.82 Å². The number of aliphatic hydroxyl groups is 1. The van der Waals surface area contributed by atoms with E-state index in [4.69, 9.17) is 9.05 Å². The number of likely N-dealkylation sites (N-methyl/N-ethyl adjacent to an activating group) is 1. The van der Waals surface area contributed by atoms with Crippen molar-refractivity contribution in [2.24, 2.45) is 0 Å². The third-order valence-electron chi connectivity index (χ3n) is 10.2. The van der Waals surface area contributed by atoms with Crippen LogP contribution in [0.1, 0.15) is 187 Å². The first-order valence-corrected chi connectivity index (χ1v) is 25.3. The molecule has 0 saturated heterocycles. The van der Waals surface area contributed by atoms with E-state index < -0.39 is 20.0 Å². The normalized spacial score (nSPS) is 14.9. The van der Waals surface area contributed by atoms with Crippen molar-refractivity contribution >= 4 is 13.7 Å². The second-order valence-corrected chi connectivity index (χ2v) is 18.5. The molecule has 0 heterocycles. The van der Waals surface area contributed by atoms with Gasteiger partial charge in [-0.25, -0.2) is 4.57 Å². The standard InChI is InChI=1S/C50H91N2O6P/c1-6-8-10-12-14-16-18-20-22-24-25-26-27-28-30-32-34-36-38-40-42-44-50(54)51-48(47-58-59(55,56)57-46-45-52(3,4)5)49(53)43-41-39-37-35-33-31-29-23-21-19-17-15-13-11-9-7-2/h8,10,14,16,20,22,25-26,33,35,41,43,48-49,53H,6-7,9,11-13,15,17-19,21,23-24,27-32,34,36-40,42,44-47H2,1-5H3,(H-,51,54,55,56)/p+1/b10-8-,16-14-,22-20-,26-25-,35-33+,43-41+. The Morgan fingerprint density at radius 1 is 0.593 bits per heavy atom. The van der Waals surface area contributed by atoms with Gasteiger partial charge in [-0.15, -0.1) is 0 Å². The number of phosphoric ester groups is 1. The van der Waals surface area contributed by atoms with Crippen LogP contribution in [0.25, 0.3) is 0 Å². The molecule has 0 fully saturated rings. The van der Waals surface area contributed by atoms with E-state index in [-0.39, 0.29) is 19.1 Å². The summed E-state index contributed by atoms with van der Waals surface area (Å²) >= 11 is 0. The molecule has 342 valence electrons. The van der Waals surface area contributed by atoms with Crippen LogP contribution < -0.4 is 5.32 Å². The number of phosphoric acid groups is 1. The van der Waals surface area contributed by atoms with Crippen molar-refractivity contribution in [3.05, 3.63) is 72.9 Å². The molecular formula is C50H92N2O6P+. The first-order valence-electron chi connectivity index (χ1n) is 23.8. The van der Waals surface area contributed by atoms with Crippen molar-refractivity contribution < 1.29 is 32.9 Å². The molecule has 59 heavy (non-hydrogen) atoms. The van der Waals surface area contributed by atoms with Crippen molar-refractivity contribution in [2.45, 2.75) is 199 Å². The number of hydrogen-bond acceptors (Lipinski definition) is 5. The van der Waals surface area contributed by atoms with Crippen molar-refractivity contribution in [1.82, 2.24) is 5.32 Å². The highest BCUT2D eigenvalue weighted by molar-refractivity contribution is 7.47. The molecule has 3 atom stereocenters. The Bertz CT molecular complexity index is 1190. The largest absolute Gasteiger partial charge is 0.472 e. The van der Waals surface area contributed by atoms with Gasteiger partial charge in [0.1, 0.15) is 13.2 Å². The van der Waals surface area contributed by atoms with Crippen molar-refractivity contribution in [2.75, 3.05) is 40.9 Å². The predicted octanol–water partition coefficient (Wildman–Crippen LogP) is 13.6. The smallest absolute Gasteiger partial charge is 0.387 e. The zero-order chi connectivity index (χ0) is 43.6. The molecule has 0 aliphatic carbocycles. The Kier molecular flexibility index (Phi) is 39.9. The van der Waals surface area contributed by atoms with Crippen molar-refractivity contribution in [1.29, 1.82) is 0 Å². The van der Waals surface area contributed by atoms with Gasteiger partial charge in [0.05, 0.1) is 39.9 Å². The van der Waals surface area contributed by atoms with Crippen LogP contribution in [0.5, 0.6) is 0 Å². The predicted molar refractivity (Wildman–Crippen MR) is 253 cm³/mol. The molecule has 0 bridgehead atoms. The maximum absolute atomic E-state index is 12.9. The highest BCUT2D eigenvalue weighted by atomic mass is 31.2. The molecule has 0 aromatic carbocycles. The molecule has 1 amide bonds. The average molecular weight is 848 g/mol. The summed E-state index contributed by atoms with van der Waals surface area (Å²) in [5.41, 5.74) is 0. The molecule has 3 N–H and O–H groups in total. The summed E-state index contributed by atoms with van der Waals surface area (Å²) in [4.78, 5) is 23.2. The highest BCUT2D eigenvalue weighted by Crippen LogP contribution is 2.43. The minimum absolute atomic E-state index is 0.0511. The Labute approximate surface area is 364 Å². The molecule has 0 spiro atoms. The molecule has 0 aliphatic rings. The number of amides is 1. The number of carbonyl (C=O) groups excluding carboxylic acids is 1. The number of aliphatic hydroxyl groups excluding tert-OH is 1. The van der Waals surface area contributed by atoms with E-state index in [1.54, 1.807) is 6.08 Å². The molecule has 0 rings (SSSR count). The molecule has 0 aliphatic heterocycles. The zero-order valence-electron chi connectivity index (χ0n) is 38.7. The minimum Gasteiger partial charge on any atom is -0.387 e. The molecular weight excluding hydrogens is 756 g/mol. The number of nitrogens with zero attached hydrogens (tertiary/aromatic N) is 1. The van der Waals surface area contributed by atoms with Crippen molar-refractivity contribution in [3.63, 3.8) is 0 Å². The van der Waals surface area contributed by atoms with Gasteiger partial charge in [-0.2, -0.15) is 0 Å². The van der Waals surface area contributed by atoms with Crippen LogP contribution in [0, 0.1) is 0 Å². The lowest BCUT2D eigenvalue weighted by atomic mass is 10.1. The second-order valence-electron chi connectivity index (χ2n) is 17.1. The number of allylic oxidation sites excluding steroid dienone is 11. The topological polar surface area (TPSA) is 105 Å². The first kappa shape index (κ1) is 56.9. The zero-order valence-corrected chi connectivity index (χ0v) is 39.6. The lowest BCUT2D eigenvalue weighted by Crippen LogP contribution is -2.45. The van der Waals surface area contributed by atoms with E-state index in [2.05, 4.69) is 79.9 Å². The van der Waals surface area contributed by atoms with Gasteiger partial charge in [0.2, 0.25) is 5.91 Å². The quantitative estimate of drug-likeness (QED) is 0.0245. The monoisotopic (exact) mass is 848 g/mol. The summed E-state index contributed by atoms with van der Waals surface area (Å²) < 4.78 is 23.6.